The summed E-state index contributed by atoms with van der Waals surface area (Å²) in [6.45, 7) is 3.23. The highest BCUT2D eigenvalue weighted by atomic mass is 35.5. The Morgan fingerprint density at radius 1 is 1.00 bits per heavy atom. The molecule has 0 saturated heterocycles. The van der Waals surface area contributed by atoms with Gasteiger partial charge in [0.2, 0.25) is 0 Å². The number of carbonyl (C=O) groups is 1. The molecule has 1 heterocycles. The third kappa shape index (κ3) is 9.78. The maximum absolute atomic E-state index is 11.1. The third-order valence-corrected chi connectivity index (χ3v) is 3.91. The Morgan fingerprint density at radius 3 is 2.09 bits per heavy atom. The highest BCUT2D eigenvalue weighted by molar-refractivity contribution is 5.92. The molecule has 0 unspecified atom stereocenters. The van der Waals surface area contributed by atoms with E-state index in [4.69, 9.17) is 5.73 Å². The molecule has 0 saturated carbocycles. The van der Waals surface area contributed by atoms with Crippen LogP contribution in [0.15, 0.2) is 24.5 Å². The lowest BCUT2D eigenvalue weighted by atomic mass is 10.1. The summed E-state index contributed by atoms with van der Waals surface area (Å²) >= 11 is 0. The summed E-state index contributed by atoms with van der Waals surface area (Å²) in [4.78, 5) is 11.1. The lowest BCUT2D eigenvalue weighted by Crippen LogP contribution is -3.00. The molecule has 2 N–H and O–H groups in total. The first-order valence-electron chi connectivity index (χ1n) is 8.53. The lowest BCUT2D eigenvalue weighted by molar-refractivity contribution is -0.697. The maximum atomic E-state index is 11.1. The highest BCUT2D eigenvalue weighted by Crippen LogP contribution is 2.10. The predicted octanol–water partition coefficient (Wildman–Crippen LogP) is 0.998. The fourth-order valence-corrected chi connectivity index (χ4v) is 2.59. The molecular formula is C18H31ClN2O. The number of carbonyl (C=O) groups excluding carboxylic acids is 1. The fourth-order valence-electron chi connectivity index (χ4n) is 2.59. The van der Waals surface area contributed by atoms with Crippen molar-refractivity contribution < 1.29 is 21.8 Å². The number of hydrogen-bond donors (Lipinski definition) is 1. The van der Waals surface area contributed by atoms with Crippen LogP contribution < -0.4 is 22.7 Å². The molecule has 4 heteroatoms. The van der Waals surface area contributed by atoms with E-state index in [0.717, 1.165) is 6.54 Å². The first-order chi connectivity index (χ1) is 10.2. The van der Waals surface area contributed by atoms with Gasteiger partial charge in [0.05, 0.1) is 0 Å². The second-order valence-corrected chi connectivity index (χ2v) is 5.88. The smallest absolute Gasteiger partial charge is 0.254 e. The number of rotatable bonds is 12. The Labute approximate surface area is 141 Å². The number of primary amides is 1. The van der Waals surface area contributed by atoms with Gasteiger partial charge in [-0.1, -0.05) is 58.3 Å². The van der Waals surface area contributed by atoms with E-state index >= 15 is 0 Å². The van der Waals surface area contributed by atoms with Gasteiger partial charge in [-0.3, -0.25) is 4.79 Å². The average Bonchev–Trinajstić information content (AvgIpc) is 2.49. The molecule has 3 nitrogen and oxygen atoms in total. The van der Waals surface area contributed by atoms with Gasteiger partial charge in [-0.05, 0) is 12.5 Å². The summed E-state index contributed by atoms with van der Waals surface area (Å²) in [7, 11) is 0. The second kappa shape index (κ2) is 13.6. The monoisotopic (exact) mass is 326 g/mol. The molecule has 126 valence electrons. The van der Waals surface area contributed by atoms with Crippen molar-refractivity contribution in [2.75, 3.05) is 0 Å². The molecule has 1 amide bonds. The van der Waals surface area contributed by atoms with Gasteiger partial charge >= 0.3 is 0 Å². The van der Waals surface area contributed by atoms with Gasteiger partial charge in [-0.25, -0.2) is 4.57 Å². The van der Waals surface area contributed by atoms with Gasteiger partial charge in [-0.15, -0.1) is 0 Å². The molecule has 0 atom stereocenters. The number of aryl methyl sites for hydroxylation is 1. The summed E-state index contributed by atoms with van der Waals surface area (Å²) in [5, 5.41) is 0. The topological polar surface area (TPSA) is 47.0 Å². The summed E-state index contributed by atoms with van der Waals surface area (Å²) in [5.74, 6) is -0.354. The zero-order valence-corrected chi connectivity index (χ0v) is 14.7. The maximum Gasteiger partial charge on any atom is 0.254 e. The Hall–Kier alpha value is -1.09. The molecule has 1 rings (SSSR count). The number of aromatic nitrogens is 1. The third-order valence-electron chi connectivity index (χ3n) is 3.91. The lowest BCUT2D eigenvalue weighted by Gasteiger charge is -2.01. The van der Waals surface area contributed by atoms with Crippen molar-refractivity contribution in [3.63, 3.8) is 0 Å². The van der Waals surface area contributed by atoms with Crippen LogP contribution in [0.2, 0.25) is 0 Å². The van der Waals surface area contributed by atoms with Gasteiger partial charge in [-0.2, -0.15) is 0 Å². The molecule has 1 aromatic rings. The minimum Gasteiger partial charge on any atom is -1.00 e. The van der Waals surface area contributed by atoms with Gasteiger partial charge in [0.15, 0.2) is 12.4 Å². The van der Waals surface area contributed by atoms with Crippen LogP contribution in [-0.2, 0) is 6.54 Å². The Kier molecular flexibility index (Phi) is 12.9. The number of unbranched alkanes of at least 4 members (excludes halogenated alkanes) is 9. The van der Waals surface area contributed by atoms with Crippen molar-refractivity contribution in [1.82, 2.24) is 0 Å². The van der Waals surface area contributed by atoms with Gasteiger partial charge in [0.1, 0.15) is 12.1 Å². The van der Waals surface area contributed by atoms with E-state index in [1.807, 2.05) is 18.5 Å². The largest absolute Gasteiger partial charge is 1.00 e. The first kappa shape index (κ1) is 20.9. The molecule has 0 aliphatic carbocycles. The molecule has 0 bridgehead atoms. The predicted molar refractivity (Wildman–Crippen MR) is 87.0 cm³/mol. The van der Waals surface area contributed by atoms with Crippen molar-refractivity contribution in [3.05, 3.63) is 30.1 Å². The highest BCUT2D eigenvalue weighted by Gasteiger charge is 2.06. The van der Waals surface area contributed by atoms with Crippen LogP contribution in [0, 0.1) is 0 Å². The standard InChI is InChI=1S/C18H30N2O.ClH/c1-2-3-4-5-6-7-8-9-10-11-14-20-15-12-13-17(16-20)18(19)21;/h12-13,15-16H,2-11,14H2,1H3,(H-,19,21);1H. The number of hydrogen-bond acceptors (Lipinski definition) is 1. The summed E-state index contributed by atoms with van der Waals surface area (Å²) < 4.78 is 2.06. The number of nitrogens with two attached hydrogens (primary N) is 1. The van der Waals surface area contributed by atoms with Crippen molar-refractivity contribution in [3.8, 4) is 0 Å². The quantitative estimate of drug-likeness (QED) is 0.452. The average molecular weight is 327 g/mol. The summed E-state index contributed by atoms with van der Waals surface area (Å²) in [5.41, 5.74) is 5.87. The SMILES string of the molecule is CCCCCCCCCCCC[n+]1cccc(C(N)=O)c1.[Cl-]. The number of nitrogens with zero attached hydrogens (tertiary/aromatic N) is 1. The minimum atomic E-state index is -0.354. The van der Waals surface area contributed by atoms with Crippen LogP contribution in [0.4, 0.5) is 0 Å². The van der Waals surface area contributed by atoms with Crippen LogP contribution in [0.5, 0.6) is 0 Å². The first-order valence-corrected chi connectivity index (χ1v) is 8.53. The molecule has 0 spiro atoms. The van der Waals surface area contributed by atoms with E-state index in [1.165, 1.54) is 64.2 Å². The zero-order chi connectivity index (χ0) is 15.3. The Morgan fingerprint density at radius 2 is 1.55 bits per heavy atom. The minimum absolute atomic E-state index is 0. The number of amides is 1. The van der Waals surface area contributed by atoms with Crippen molar-refractivity contribution >= 4 is 5.91 Å². The van der Waals surface area contributed by atoms with E-state index in [1.54, 1.807) is 6.07 Å². The molecule has 0 fully saturated rings. The van der Waals surface area contributed by atoms with Crippen molar-refractivity contribution in [1.29, 1.82) is 0 Å². The normalized spacial score (nSPS) is 10.2. The van der Waals surface area contributed by atoms with E-state index in [9.17, 15) is 4.79 Å². The summed E-state index contributed by atoms with van der Waals surface area (Å²) in [6.07, 6.45) is 17.3. The van der Waals surface area contributed by atoms with Crippen LogP contribution >= 0.6 is 0 Å². The van der Waals surface area contributed by atoms with Gasteiger partial charge < -0.3 is 18.1 Å². The van der Waals surface area contributed by atoms with Crippen molar-refractivity contribution in [2.45, 2.75) is 77.7 Å². The van der Waals surface area contributed by atoms with E-state index < -0.39 is 0 Å². The molecule has 1 aromatic heterocycles. The molecule has 0 radical (unpaired) electrons. The molecule has 22 heavy (non-hydrogen) atoms. The molecular weight excluding hydrogens is 296 g/mol. The van der Waals surface area contributed by atoms with Crippen LogP contribution in [-0.4, -0.2) is 5.91 Å². The second-order valence-electron chi connectivity index (χ2n) is 5.88. The number of pyridine rings is 1. The van der Waals surface area contributed by atoms with Crippen LogP contribution in [0.25, 0.3) is 0 Å². The molecule has 0 aliphatic rings. The van der Waals surface area contributed by atoms with Gasteiger partial charge in [0, 0.05) is 12.5 Å². The zero-order valence-electron chi connectivity index (χ0n) is 13.9. The van der Waals surface area contributed by atoms with E-state index in [2.05, 4.69) is 11.5 Å². The Bertz CT molecular complexity index is 410. The molecule has 0 aliphatic heterocycles. The van der Waals surface area contributed by atoms with Gasteiger partial charge in [0.25, 0.3) is 5.91 Å². The van der Waals surface area contributed by atoms with Crippen LogP contribution in [0.3, 0.4) is 0 Å². The van der Waals surface area contributed by atoms with E-state index in [-0.39, 0.29) is 18.3 Å². The fraction of sp³-hybridized carbons (Fsp3) is 0.667. The Balaban J connectivity index is 0.00000441. The van der Waals surface area contributed by atoms with Crippen LogP contribution in [0.1, 0.15) is 81.5 Å². The molecule has 0 aromatic carbocycles. The summed E-state index contributed by atoms with van der Waals surface area (Å²) in [6, 6.07) is 3.65. The van der Waals surface area contributed by atoms with Crippen molar-refractivity contribution in [2.24, 2.45) is 5.73 Å². The van der Waals surface area contributed by atoms with E-state index in [0.29, 0.717) is 5.56 Å². The number of halogens is 1.